The lowest BCUT2D eigenvalue weighted by Crippen LogP contribution is -2.34. The van der Waals surface area contributed by atoms with Gasteiger partial charge in [0.15, 0.2) is 10.4 Å². The molecule has 108 valence electrons. The summed E-state index contributed by atoms with van der Waals surface area (Å²) in [6, 6.07) is 7.13. The molecule has 6 heteroatoms. The molecule has 1 atom stereocenters. The van der Waals surface area contributed by atoms with Crippen LogP contribution >= 0.6 is 15.9 Å². The smallest absolute Gasteiger partial charge is 0.287 e. The van der Waals surface area contributed by atoms with Crippen molar-refractivity contribution in [1.82, 2.24) is 10.2 Å². The molecule has 0 aromatic carbocycles. The highest BCUT2D eigenvalue weighted by Crippen LogP contribution is 2.20. The van der Waals surface area contributed by atoms with Gasteiger partial charge in [0.1, 0.15) is 11.5 Å². The fourth-order valence-corrected chi connectivity index (χ4v) is 2.19. The van der Waals surface area contributed by atoms with Crippen LogP contribution in [0.4, 0.5) is 0 Å². The third-order valence-electron chi connectivity index (χ3n) is 2.97. The van der Waals surface area contributed by atoms with Gasteiger partial charge in [-0.3, -0.25) is 9.69 Å². The van der Waals surface area contributed by atoms with Crippen LogP contribution in [0.25, 0.3) is 0 Å². The molecule has 1 unspecified atom stereocenters. The van der Waals surface area contributed by atoms with Crippen molar-refractivity contribution in [2.45, 2.75) is 13.0 Å². The van der Waals surface area contributed by atoms with E-state index in [9.17, 15) is 4.79 Å². The van der Waals surface area contributed by atoms with Crippen LogP contribution in [0, 0.1) is 6.92 Å². The number of nitrogens with zero attached hydrogens (tertiary/aromatic N) is 1. The molecular weight excluding hydrogens is 324 g/mol. The first-order valence-corrected chi connectivity index (χ1v) is 7.03. The predicted molar refractivity (Wildman–Crippen MR) is 78.6 cm³/mol. The highest BCUT2D eigenvalue weighted by molar-refractivity contribution is 9.10. The SMILES string of the molecule is Cc1ccc(C(CNC(=O)c2ccc(Br)o2)N(C)C)o1. The van der Waals surface area contributed by atoms with Crippen molar-refractivity contribution in [1.29, 1.82) is 0 Å². The third kappa shape index (κ3) is 3.52. The molecular formula is C14H17BrN2O3. The zero-order chi connectivity index (χ0) is 14.7. The van der Waals surface area contributed by atoms with Crippen LogP contribution in [-0.2, 0) is 0 Å². The number of rotatable bonds is 5. The van der Waals surface area contributed by atoms with Crippen LogP contribution in [-0.4, -0.2) is 31.4 Å². The Morgan fingerprint density at radius 1 is 1.30 bits per heavy atom. The van der Waals surface area contributed by atoms with Crippen molar-refractivity contribution in [3.8, 4) is 0 Å². The molecule has 0 fully saturated rings. The number of amides is 1. The third-order valence-corrected chi connectivity index (χ3v) is 3.39. The average Bonchev–Trinajstić information content (AvgIpc) is 2.98. The summed E-state index contributed by atoms with van der Waals surface area (Å²) in [6.45, 7) is 2.34. The summed E-state index contributed by atoms with van der Waals surface area (Å²) in [7, 11) is 3.89. The van der Waals surface area contributed by atoms with Crippen LogP contribution < -0.4 is 5.32 Å². The number of hydrogen-bond donors (Lipinski definition) is 1. The van der Waals surface area contributed by atoms with Crippen molar-refractivity contribution in [2.24, 2.45) is 0 Å². The van der Waals surface area contributed by atoms with E-state index in [4.69, 9.17) is 8.83 Å². The van der Waals surface area contributed by atoms with Crippen molar-refractivity contribution < 1.29 is 13.6 Å². The molecule has 0 saturated carbocycles. The normalized spacial score (nSPS) is 12.7. The molecule has 1 amide bonds. The average molecular weight is 341 g/mol. The Kier molecular flexibility index (Phi) is 4.67. The van der Waals surface area contributed by atoms with E-state index in [-0.39, 0.29) is 17.7 Å². The Hall–Kier alpha value is -1.53. The Balaban J connectivity index is 2.01. The lowest BCUT2D eigenvalue weighted by Gasteiger charge is -2.22. The molecule has 2 aromatic heterocycles. The molecule has 2 aromatic rings. The van der Waals surface area contributed by atoms with Crippen LogP contribution in [0.15, 0.2) is 37.8 Å². The highest BCUT2D eigenvalue weighted by atomic mass is 79.9. The molecule has 0 radical (unpaired) electrons. The molecule has 20 heavy (non-hydrogen) atoms. The summed E-state index contributed by atoms with van der Waals surface area (Å²) >= 11 is 3.17. The van der Waals surface area contributed by atoms with E-state index in [2.05, 4.69) is 21.2 Å². The molecule has 0 bridgehead atoms. The minimum Gasteiger partial charge on any atom is -0.465 e. The number of halogens is 1. The molecule has 2 heterocycles. The molecule has 2 rings (SSSR count). The first kappa shape index (κ1) is 14.9. The second kappa shape index (κ2) is 6.28. The maximum atomic E-state index is 11.9. The summed E-state index contributed by atoms with van der Waals surface area (Å²) < 4.78 is 11.4. The lowest BCUT2D eigenvalue weighted by atomic mass is 10.2. The number of aryl methyl sites for hydroxylation is 1. The Morgan fingerprint density at radius 3 is 2.55 bits per heavy atom. The van der Waals surface area contributed by atoms with Gasteiger partial charge >= 0.3 is 0 Å². The second-order valence-corrected chi connectivity index (χ2v) is 5.52. The first-order chi connectivity index (χ1) is 9.47. The second-order valence-electron chi connectivity index (χ2n) is 4.74. The zero-order valence-electron chi connectivity index (χ0n) is 11.6. The van der Waals surface area contributed by atoms with E-state index < -0.39 is 0 Å². The van der Waals surface area contributed by atoms with Gasteiger partial charge in [-0.15, -0.1) is 0 Å². The number of furan rings is 2. The van der Waals surface area contributed by atoms with Crippen molar-refractivity contribution >= 4 is 21.8 Å². The van der Waals surface area contributed by atoms with Gasteiger partial charge in [0.25, 0.3) is 5.91 Å². The standard InChI is InChI=1S/C14H17BrN2O3/c1-9-4-5-11(19-9)10(17(2)3)8-16-14(18)12-6-7-13(15)20-12/h4-7,10H,8H2,1-3H3,(H,16,18). The molecule has 0 aliphatic rings. The molecule has 0 aliphatic carbocycles. The van der Waals surface area contributed by atoms with Gasteiger partial charge in [0.2, 0.25) is 0 Å². The number of carbonyl (C=O) groups excluding carboxylic acids is 1. The van der Waals surface area contributed by atoms with Crippen LogP contribution in [0.1, 0.15) is 28.1 Å². The number of likely N-dealkylation sites (N-methyl/N-ethyl adjacent to an activating group) is 1. The summed E-state index contributed by atoms with van der Waals surface area (Å²) in [5, 5.41) is 2.85. The molecule has 1 N–H and O–H groups in total. The zero-order valence-corrected chi connectivity index (χ0v) is 13.2. The van der Waals surface area contributed by atoms with Crippen LogP contribution in [0.5, 0.6) is 0 Å². The maximum absolute atomic E-state index is 11.9. The summed E-state index contributed by atoms with van der Waals surface area (Å²) in [4.78, 5) is 13.9. The van der Waals surface area contributed by atoms with E-state index in [1.165, 1.54) is 0 Å². The van der Waals surface area contributed by atoms with Gasteiger partial charge in [-0.2, -0.15) is 0 Å². The van der Waals surface area contributed by atoms with Crippen molar-refractivity contribution in [3.63, 3.8) is 0 Å². The van der Waals surface area contributed by atoms with Crippen molar-refractivity contribution in [3.05, 3.63) is 46.2 Å². The molecule has 0 aliphatic heterocycles. The largest absolute Gasteiger partial charge is 0.465 e. The molecule has 5 nitrogen and oxygen atoms in total. The fraction of sp³-hybridized carbons (Fsp3) is 0.357. The van der Waals surface area contributed by atoms with E-state index in [1.54, 1.807) is 12.1 Å². The van der Waals surface area contributed by atoms with Gasteiger partial charge in [0.05, 0.1) is 6.04 Å². The van der Waals surface area contributed by atoms with Gasteiger partial charge in [0, 0.05) is 6.54 Å². The summed E-state index contributed by atoms with van der Waals surface area (Å²) in [5.41, 5.74) is 0. The first-order valence-electron chi connectivity index (χ1n) is 6.23. The van der Waals surface area contributed by atoms with E-state index in [0.717, 1.165) is 11.5 Å². The maximum Gasteiger partial charge on any atom is 0.287 e. The van der Waals surface area contributed by atoms with Crippen LogP contribution in [0.3, 0.4) is 0 Å². The van der Waals surface area contributed by atoms with Gasteiger partial charge in [-0.1, -0.05) is 0 Å². The van der Waals surface area contributed by atoms with Gasteiger partial charge < -0.3 is 14.2 Å². The predicted octanol–water partition coefficient (Wildman–Crippen LogP) is 2.98. The van der Waals surface area contributed by atoms with Gasteiger partial charge in [-0.05, 0) is 61.2 Å². The topological polar surface area (TPSA) is 58.6 Å². The lowest BCUT2D eigenvalue weighted by molar-refractivity contribution is 0.0910. The monoisotopic (exact) mass is 340 g/mol. The van der Waals surface area contributed by atoms with Crippen molar-refractivity contribution in [2.75, 3.05) is 20.6 Å². The summed E-state index contributed by atoms with van der Waals surface area (Å²) in [5.74, 6) is 1.72. The minimum absolute atomic E-state index is 0.0222. The van der Waals surface area contributed by atoms with E-state index in [0.29, 0.717) is 11.2 Å². The van der Waals surface area contributed by atoms with Gasteiger partial charge in [-0.25, -0.2) is 0 Å². The number of nitrogens with one attached hydrogen (secondary N) is 1. The fourth-order valence-electron chi connectivity index (χ4n) is 1.88. The summed E-state index contributed by atoms with van der Waals surface area (Å²) in [6.07, 6.45) is 0. The number of carbonyl (C=O) groups is 1. The Morgan fingerprint density at radius 2 is 2.05 bits per heavy atom. The molecule has 0 saturated heterocycles. The molecule has 0 spiro atoms. The number of hydrogen-bond acceptors (Lipinski definition) is 4. The van der Waals surface area contributed by atoms with E-state index >= 15 is 0 Å². The Bertz CT molecular complexity index is 589. The van der Waals surface area contributed by atoms with Crippen LogP contribution in [0.2, 0.25) is 0 Å². The quantitative estimate of drug-likeness (QED) is 0.908. The Labute approximate surface area is 126 Å². The van der Waals surface area contributed by atoms with E-state index in [1.807, 2.05) is 38.1 Å². The highest BCUT2D eigenvalue weighted by Gasteiger charge is 2.19. The minimum atomic E-state index is -0.245.